The average Bonchev–Trinajstić information content (AvgIpc) is 3.28. The van der Waals surface area contributed by atoms with Crippen molar-refractivity contribution in [1.82, 2.24) is 19.9 Å². The molecule has 1 aromatic carbocycles. The van der Waals surface area contributed by atoms with E-state index in [1.165, 1.54) is 5.56 Å². The molecular weight excluding hydrogens is 308 g/mol. The fourth-order valence-corrected chi connectivity index (χ4v) is 3.40. The van der Waals surface area contributed by atoms with Crippen LogP contribution >= 0.6 is 11.3 Å². The van der Waals surface area contributed by atoms with Gasteiger partial charge in [0.1, 0.15) is 5.69 Å². The van der Waals surface area contributed by atoms with Gasteiger partial charge in [0.2, 0.25) is 0 Å². The predicted molar refractivity (Wildman–Crippen MR) is 90.8 cm³/mol. The molecular formula is C17H18N4OS. The predicted octanol–water partition coefficient (Wildman–Crippen LogP) is 2.83. The molecule has 5 nitrogen and oxygen atoms in total. The maximum Gasteiger partial charge on any atom is 0.114 e. The van der Waals surface area contributed by atoms with Crippen LogP contribution in [0.15, 0.2) is 47.3 Å². The lowest BCUT2D eigenvalue weighted by atomic mass is 10.2. The van der Waals surface area contributed by atoms with Gasteiger partial charge in [-0.15, -0.1) is 5.10 Å². The zero-order valence-corrected chi connectivity index (χ0v) is 13.6. The topological polar surface area (TPSA) is 43.2 Å². The second kappa shape index (κ2) is 6.62. The van der Waals surface area contributed by atoms with Crippen LogP contribution in [-0.2, 0) is 11.3 Å². The van der Waals surface area contributed by atoms with Gasteiger partial charge in [-0.2, -0.15) is 11.3 Å². The minimum atomic E-state index is 0.826. The normalized spacial score (nSPS) is 15.8. The lowest BCUT2D eigenvalue weighted by Gasteiger charge is -2.26. The van der Waals surface area contributed by atoms with Crippen LogP contribution in [0.1, 0.15) is 5.56 Å². The Hall–Kier alpha value is -2.02. The van der Waals surface area contributed by atoms with Crippen LogP contribution in [0.25, 0.3) is 16.9 Å². The van der Waals surface area contributed by atoms with Gasteiger partial charge in [-0.25, -0.2) is 4.68 Å². The number of thiophene rings is 1. The van der Waals surface area contributed by atoms with Crippen molar-refractivity contribution in [3.05, 3.63) is 52.9 Å². The molecule has 0 radical (unpaired) electrons. The van der Waals surface area contributed by atoms with E-state index in [-0.39, 0.29) is 0 Å². The largest absolute Gasteiger partial charge is 0.379 e. The molecule has 2 aromatic heterocycles. The van der Waals surface area contributed by atoms with E-state index in [0.717, 1.165) is 49.8 Å². The summed E-state index contributed by atoms with van der Waals surface area (Å²) in [7, 11) is 0. The van der Waals surface area contributed by atoms with E-state index in [9.17, 15) is 0 Å². The smallest absolute Gasteiger partial charge is 0.114 e. The Balaban J connectivity index is 1.54. The first kappa shape index (κ1) is 14.6. The van der Waals surface area contributed by atoms with Crippen molar-refractivity contribution >= 4 is 11.3 Å². The van der Waals surface area contributed by atoms with E-state index >= 15 is 0 Å². The number of benzene rings is 1. The summed E-state index contributed by atoms with van der Waals surface area (Å²) in [4.78, 5) is 2.42. The highest BCUT2D eigenvalue weighted by molar-refractivity contribution is 7.08. The van der Waals surface area contributed by atoms with Crippen LogP contribution in [0.3, 0.4) is 0 Å². The van der Waals surface area contributed by atoms with Crippen LogP contribution in [0.5, 0.6) is 0 Å². The maximum atomic E-state index is 5.41. The Morgan fingerprint density at radius 1 is 1.17 bits per heavy atom. The third-order valence-corrected chi connectivity index (χ3v) is 4.68. The minimum Gasteiger partial charge on any atom is -0.379 e. The quantitative estimate of drug-likeness (QED) is 0.739. The van der Waals surface area contributed by atoms with Gasteiger partial charge in [0, 0.05) is 30.6 Å². The fraction of sp³-hybridized carbons (Fsp3) is 0.294. The number of hydrogen-bond acceptors (Lipinski definition) is 5. The number of ether oxygens (including phenoxy) is 1. The van der Waals surface area contributed by atoms with Crippen LogP contribution in [0.4, 0.5) is 0 Å². The highest BCUT2D eigenvalue weighted by Crippen LogP contribution is 2.20. The van der Waals surface area contributed by atoms with E-state index in [2.05, 4.69) is 56.3 Å². The first-order valence-corrected chi connectivity index (χ1v) is 8.67. The summed E-state index contributed by atoms with van der Waals surface area (Å²) in [5.74, 6) is 0. The van der Waals surface area contributed by atoms with Crippen molar-refractivity contribution in [3.8, 4) is 16.9 Å². The Labute approximate surface area is 139 Å². The van der Waals surface area contributed by atoms with Crippen LogP contribution in [-0.4, -0.2) is 46.2 Å². The van der Waals surface area contributed by atoms with Gasteiger partial charge in [0.05, 0.1) is 25.1 Å². The second-order valence-electron chi connectivity index (χ2n) is 5.62. The zero-order valence-electron chi connectivity index (χ0n) is 12.8. The summed E-state index contributed by atoms with van der Waals surface area (Å²) in [6.07, 6.45) is 1.98. The van der Waals surface area contributed by atoms with E-state index in [1.807, 2.05) is 10.9 Å². The molecule has 0 atom stereocenters. The lowest BCUT2D eigenvalue weighted by molar-refractivity contribution is 0.0342. The molecule has 118 valence electrons. The average molecular weight is 326 g/mol. The molecule has 0 bridgehead atoms. The maximum absolute atomic E-state index is 5.41. The Morgan fingerprint density at radius 3 is 2.91 bits per heavy atom. The van der Waals surface area contributed by atoms with Gasteiger partial charge in [0.25, 0.3) is 0 Å². The minimum absolute atomic E-state index is 0.826. The van der Waals surface area contributed by atoms with Gasteiger partial charge >= 0.3 is 0 Å². The van der Waals surface area contributed by atoms with E-state index < -0.39 is 0 Å². The Bertz CT molecular complexity index is 763. The fourth-order valence-electron chi connectivity index (χ4n) is 2.75. The number of morpholine rings is 1. The van der Waals surface area contributed by atoms with Crippen LogP contribution in [0, 0.1) is 0 Å². The molecule has 0 unspecified atom stereocenters. The summed E-state index contributed by atoms with van der Waals surface area (Å²) in [5.41, 5.74) is 4.36. The molecule has 0 aliphatic carbocycles. The first-order chi connectivity index (χ1) is 11.4. The first-order valence-electron chi connectivity index (χ1n) is 7.73. The summed E-state index contributed by atoms with van der Waals surface area (Å²) >= 11 is 1.67. The molecule has 6 heteroatoms. The lowest BCUT2D eigenvalue weighted by Crippen LogP contribution is -2.35. The Morgan fingerprint density at radius 2 is 2.09 bits per heavy atom. The molecule has 23 heavy (non-hydrogen) atoms. The molecule has 1 aliphatic heterocycles. The zero-order chi connectivity index (χ0) is 15.5. The summed E-state index contributed by atoms with van der Waals surface area (Å²) in [6.45, 7) is 4.59. The number of aromatic nitrogens is 3. The van der Waals surface area contributed by atoms with Crippen molar-refractivity contribution in [1.29, 1.82) is 0 Å². The van der Waals surface area contributed by atoms with Gasteiger partial charge in [0.15, 0.2) is 0 Å². The van der Waals surface area contributed by atoms with Crippen LogP contribution in [0.2, 0.25) is 0 Å². The van der Waals surface area contributed by atoms with Gasteiger partial charge in [-0.3, -0.25) is 4.90 Å². The highest BCUT2D eigenvalue weighted by atomic mass is 32.1. The van der Waals surface area contributed by atoms with Crippen LogP contribution < -0.4 is 0 Å². The van der Waals surface area contributed by atoms with Gasteiger partial charge in [-0.05, 0) is 29.1 Å². The number of rotatable bonds is 4. The standard InChI is InChI=1S/C17H18N4OS/c1-2-14(11-20-5-7-22-8-6-20)10-16(3-1)21-12-17(18-19-21)15-4-9-23-13-15/h1-4,9-10,12-13H,5-8,11H2. The molecule has 1 aliphatic rings. The van der Waals surface area contributed by atoms with E-state index in [1.54, 1.807) is 11.3 Å². The van der Waals surface area contributed by atoms with Crippen molar-refractivity contribution in [2.75, 3.05) is 26.3 Å². The molecule has 1 fully saturated rings. The van der Waals surface area contributed by atoms with Gasteiger partial charge < -0.3 is 4.74 Å². The SMILES string of the molecule is c1cc(CN2CCOCC2)cc(-n2cc(-c3ccsc3)nn2)c1. The van der Waals surface area contributed by atoms with Crippen molar-refractivity contribution in [2.24, 2.45) is 0 Å². The summed E-state index contributed by atoms with van der Waals surface area (Å²) < 4.78 is 7.25. The molecule has 0 amide bonds. The molecule has 3 aromatic rings. The van der Waals surface area contributed by atoms with Crippen molar-refractivity contribution in [2.45, 2.75) is 6.54 Å². The molecule has 4 rings (SSSR count). The summed E-state index contributed by atoms with van der Waals surface area (Å²) in [5, 5.41) is 12.7. The second-order valence-corrected chi connectivity index (χ2v) is 6.40. The van der Waals surface area contributed by atoms with Crippen molar-refractivity contribution in [3.63, 3.8) is 0 Å². The summed E-state index contributed by atoms with van der Waals surface area (Å²) in [6, 6.07) is 10.6. The monoisotopic (exact) mass is 326 g/mol. The van der Waals surface area contributed by atoms with Gasteiger partial charge in [-0.1, -0.05) is 17.3 Å². The van der Waals surface area contributed by atoms with E-state index in [4.69, 9.17) is 4.74 Å². The third kappa shape index (κ3) is 3.34. The molecule has 0 spiro atoms. The van der Waals surface area contributed by atoms with Crippen molar-refractivity contribution < 1.29 is 4.74 Å². The highest BCUT2D eigenvalue weighted by Gasteiger charge is 2.11. The molecule has 0 N–H and O–H groups in total. The Kier molecular flexibility index (Phi) is 4.19. The molecule has 3 heterocycles. The molecule has 1 saturated heterocycles. The van der Waals surface area contributed by atoms with E-state index in [0.29, 0.717) is 0 Å². The third-order valence-electron chi connectivity index (χ3n) is 4.00. The number of hydrogen-bond donors (Lipinski definition) is 0. The molecule has 0 saturated carbocycles. The number of nitrogens with zero attached hydrogens (tertiary/aromatic N) is 4.